The molecule has 172 valence electrons. The largest absolute Gasteiger partial charge is 0.452 e. The summed E-state index contributed by atoms with van der Waals surface area (Å²) in [6.07, 6.45) is 0. The van der Waals surface area contributed by atoms with Crippen LogP contribution in [0.4, 0.5) is 11.4 Å². The Bertz CT molecular complexity index is 1360. The standard InChI is InChI=1S/C27H24N2O5/c1-15-8-11-23(17(3)12-15)29-25(31)20-10-9-19(13-21(20)26(29)32)27(33)34-14-24(30)28-22-7-5-6-16(2)18(22)4/h5-13H,14H2,1-4H3,(H,28,30). The summed E-state index contributed by atoms with van der Waals surface area (Å²) >= 11 is 0. The third-order valence-corrected chi connectivity index (χ3v) is 5.93. The number of anilines is 2. The maximum atomic E-state index is 13.0. The monoisotopic (exact) mass is 456 g/mol. The number of hydrogen-bond donors (Lipinski definition) is 1. The highest BCUT2D eigenvalue weighted by atomic mass is 16.5. The van der Waals surface area contributed by atoms with E-state index >= 15 is 0 Å². The van der Waals surface area contributed by atoms with Crippen molar-refractivity contribution in [2.24, 2.45) is 0 Å². The molecule has 0 spiro atoms. The number of carbonyl (C=O) groups excluding carboxylic acids is 4. The second-order valence-corrected chi connectivity index (χ2v) is 8.37. The fourth-order valence-corrected chi connectivity index (χ4v) is 3.93. The van der Waals surface area contributed by atoms with Crippen molar-refractivity contribution in [3.05, 3.63) is 93.5 Å². The van der Waals surface area contributed by atoms with Gasteiger partial charge in [-0.3, -0.25) is 14.4 Å². The van der Waals surface area contributed by atoms with Gasteiger partial charge < -0.3 is 10.1 Å². The van der Waals surface area contributed by atoms with Gasteiger partial charge in [-0.05, 0) is 74.7 Å². The highest BCUT2D eigenvalue weighted by molar-refractivity contribution is 6.35. The van der Waals surface area contributed by atoms with E-state index in [1.54, 1.807) is 12.1 Å². The van der Waals surface area contributed by atoms with Crippen LogP contribution in [0.25, 0.3) is 0 Å². The van der Waals surface area contributed by atoms with Crippen molar-refractivity contribution >= 4 is 35.1 Å². The van der Waals surface area contributed by atoms with Crippen molar-refractivity contribution in [1.82, 2.24) is 0 Å². The van der Waals surface area contributed by atoms with Gasteiger partial charge in [0.2, 0.25) is 0 Å². The van der Waals surface area contributed by atoms with Crippen molar-refractivity contribution in [1.29, 1.82) is 0 Å². The van der Waals surface area contributed by atoms with Gasteiger partial charge in [-0.2, -0.15) is 0 Å². The summed E-state index contributed by atoms with van der Waals surface area (Å²) in [5.74, 6) is -2.19. The average molecular weight is 456 g/mol. The zero-order valence-corrected chi connectivity index (χ0v) is 19.4. The summed E-state index contributed by atoms with van der Waals surface area (Å²) in [5, 5.41) is 2.72. The van der Waals surface area contributed by atoms with Crippen LogP contribution in [0.1, 0.15) is 53.3 Å². The molecule has 1 aliphatic rings. The van der Waals surface area contributed by atoms with Crippen molar-refractivity contribution in [2.75, 3.05) is 16.8 Å². The highest BCUT2D eigenvalue weighted by Crippen LogP contribution is 2.31. The predicted molar refractivity (Wildman–Crippen MR) is 128 cm³/mol. The second kappa shape index (κ2) is 8.94. The van der Waals surface area contributed by atoms with E-state index in [9.17, 15) is 19.2 Å². The molecule has 1 heterocycles. The Morgan fingerprint density at radius 2 is 1.59 bits per heavy atom. The van der Waals surface area contributed by atoms with Gasteiger partial charge >= 0.3 is 5.97 Å². The van der Waals surface area contributed by atoms with Crippen molar-refractivity contribution < 1.29 is 23.9 Å². The summed E-state index contributed by atoms with van der Waals surface area (Å²) in [6, 6.07) is 15.2. The molecule has 0 saturated carbocycles. The fraction of sp³-hybridized carbons (Fsp3) is 0.185. The lowest BCUT2D eigenvalue weighted by Crippen LogP contribution is -2.30. The van der Waals surface area contributed by atoms with Crippen LogP contribution in [-0.2, 0) is 9.53 Å². The SMILES string of the molecule is Cc1ccc(N2C(=O)c3ccc(C(=O)OCC(=O)Nc4cccc(C)c4C)cc3C2=O)c(C)c1. The first-order chi connectivity index (χ1) is 16.2. The van der Waals surface area contributed by atoms with Gasteiger partial charge in [-0.25, -0.2) is 9.69 Å². The van der Waals surface area contributed by atoms with E-state index in [1.807, 2.05) is 52.0 Å². The van der Waals surface area contributed by atoms with E-state index in [0.29, 0.717) is 11.4 Å². The maximum Gasteiger partial charge on any atom is 0.338 e. The minimum Gasteiger partial charge on any atom is -0.452 e. The lowest BCUT2D eigenvalue weighted by atomic mass is 10.1. The molecule has 0 saturated heterocycles. The van der Waals surface area contributed by atoms with Crippen LogP contribution in [-0.4, -0.2) is 30.3 Å². The normalized spacial score (nSPS) is 12.5. The molecule has 34 heavy (non-hydrogen) atoms. The van der Waals surface area contributed by atoms with Crippen LogP contribution in [0.15, 0.2) is 54.6 Å². The summed E-state index contributed by atoms with van der Waals surface area (Å²) in [6.45, 7) is 7.11. The Labute approximate surface area is 197 Å². The number of nitrogens with one attached hydrogen (secondary N) is 1. The van der Waals surface area contributed by atoms with Gasteiger partial charge in [0.05, 0.1) is 22.4 Å². The van der Waals surface area contributed by atoms with Gasteiger partial charge in [0, 0.05) is 5.69 Å². The van der Waals surface area contributed by atoms with Crippen LogP contribution < -0.4 is 10.2 Å². The minimum atomic E-state index is -0.760. The van der Waals surface area contributed by atoms with Crippen LogP contribution in [0.5, 0.6) is 0 Å². The van der Waals surface area contributed by atoms with Crippen LogP contribution in [0, 0.1) is 27.7 Å². The van der Waals surface area contributed by atoms with E-state index in [4.69, 9.17) is 4.74 Å². The Hall–Kier alpha value is -4.26. The molecule has 0 fully saturated rings. The first kappa shape index (κ1) is 22.9. The zero-order valence-electron chi connectivity index (χ0n) is 19.4. The zero-order chi connectivity index (χ0) is 24.6. The molecular weight excluding hydrogens is 432 g/mol. The number of amides is 3. The molecule has 1 N–H and O–H groups in total. The van der Waals surface area contributed by atoms with Crippen molar-refractivity contribution in [2.45, 2.75) is 27.7 Å². The fourth-order valence-electron chi connectivity index (χ4n) is 3.93. The first-order valence-corrected chi connectivity index (χ1v) is 10.8. The number of aryl methyl sites for hydroxylation is 3. The molecule has 0 atom stereocenters. The quantitative estimate of drug-likeness (QED) is 0.450. The van der Waals surface area contributed by atoms with E-state index in [2.05, 4.69) is 5.32 Å². The molecule has 0 unspecified atom stereocenters. The third-order valence-electron chi connectivity index (χ3n) is 5.93. The molecule has 0 radical (unpaired) electrons. The number of benzene rings is 3. The predicted octanol–water partition coefficient (Wildman–Crippen LogP) is 4.52. The summed E-state index contributed by atoms with van der Waals surface area (Å²) in [4.78, 5) is 51.9. The topological polar surface area (TPSA) is 92.8 Å². The Kier molecular flexibility index (Phi) is 6.03. The summed E-state index contributed by atoms with van der Waals surface area (Å²) < 4.78 is 5.14. The van der Waals surface area contributed by atoms with Crippen molar-refractivity contribution in [3.63, 3.8) is 0 Å². The summed E-state index contributed by atoms with van der Waals surface area (Å²) in [7, 11) is 0. The number of ether oxygens (including phenoxy) is 1. The lowest BCUT2D eigenvalue weighted by Gasteiger charge is -2.16. The molecule has 1 aliphatic heterocycles. The molecule has 0 aliphatic carbocycles. The van der Waals surface area contributed by atoms with Gasteiger partial charge in [-0.15, -0.1) is 0 Å². The van der Waals surface area contributed by atoms with Crippen LogP contribution >= 0.6 is 0 Å². The Morgan fingerprint density at radius 3 is 2.32 bits per heavy atom. The van der Waals surface area contributed by atoms with Crippen molar-refractivity contribution in [3.8, 4) is 0 Å². The Balaban J connectivity index is 1.47. The number of carbonyl (C=O) groups is 4. The number of rotatable bonds is 5. The third kappa shape index (κ3) is 4.20. The molecule has 0 aromatic heterocycles. The highest BCUT2D eigenvalue weighted by Gasteiger charge is 2.37. The molecule has 3 amide bonds. The van der Waals surface area contributed by atoms with E-state index in [-0.39, 0.29) is 16.7 Å². The van der Waals surface area contributed by atoms with Gasteiger partial charge in [-0.1, -0.05) is 29.8 Å². The Morgan fingerprint density at radius 1 is 0.853 bits per heavy atom. The second-order valence-electron chi connectivity index (χ2n) is 8.37. The van der Waals surface area contributed by atoms with Gasteiger partial charge in [0.1, 0.15) is 0 Å². The van der Waals surface area contributed by atoms with E-state index in [0.717, 1.165) is 27.2 Å². The lowest BCUT2D eigenvalue weighted by molar-refractivity contribution is -0.119. The molecule has 3 aromatic carbocycles. The van der Waals surface area contributed by atoms with Gasteiger partial charge in [0.25, 0.3) is 17.7 Å². The molecule has 0 bridgehead atoms. The number of nitrogens with zero attached hydrogens (tertiary/aromatic N) is 1. The van der Waals surface area contributed by atoms with Crippen LogP contribution in [0.2, 0.25) is 0 Å². The molecule has 7 nitrogen and oxygen atoms in total. The average Bonchev–Trinajstić information content (AvgIpc) is 3.05. The van der Waals surface area contributed by atoms with Crippen LogP contribution in [0.3, 0.4) is 0 Å². The molecule has 3 aromatic rings. The van der Waals surface area contributed by atoms with Gasteiger partial charge in [0.15, 0.2) is 6.61 Å². The molecule has 4 rings (SSSR count). The number of esters is 1. The number of fused-ring (bicyclic) bond motifs is 1. The number of hydrogen-bond acceptors (Lipinski definition) is 5. The van der Waals surface area contributed by atoms with E-state index < -0.39 is 30.3 Å². The summed E-state index contributed by atoms with van der Waals surface area (Å²) in [5.41, 5.74) is 5.35. The van der Waals surface area contributed by atoms with E-state index in [1.165, 1.54) is 18.2 Å². The molecule has 7 heteroatoms. The maximum absolute atomic E-state index is 13.0. The first-order valence-electron chi connectivity index (χ1n) is 10.8. The minimum absolute atomic E-state index is 0.0851. The smallest absolute Gasteiger partial charge is 0.338 e. The molecular formula is C27H24N2O5. The number of imide groups is 1.